The van der Waals surface area contributed by atoms with Gasteiger partial charge in [0.1, 0.15) is 11.5 Å². The molecule has 1 N–H and O–H groups in total. The minimum atomic E-state index is -0.764. The number of nitrogens with zero attached hydrogens (tertiary/aromatic N) is 2. The van der Waals surface area contributed by atoms with E-state index in [-0.39, 0.29) is 11.7 Å². The molecule has 7 nitrogen and oxygen atoms in total. The summed E-state index contributed by atoms with van der Waals surface area (Å²) in [6.07, 6.45) is -0.764. The maximum atomic E-state index is 12.6. The van der Waals surface area contributed by atoms with Crippen molar-refractivity contribution < 1.29 is 18.9 Å². The molecule has 0 spiro atoms. The Labute approximate surface area is 173 Å². The number of ether oxygens (including phenoxy) is 2. The van der Waals surface area contributed by atoms with Crippen LogP contribution in [0.5, 0.6) is 11.5 Å². The first kappa shape index (κ1) is 20.7. The Bertz CT molecular complexity index is 978. The number of aryl methyl sites for hydroxylation is 2. The SMILES string of the molecule is CCOc1ccc(-c2nonc2NC(=O)[C@@H](C)Oc2cc(C)c(Cl)c(C)c2)cc1. The van der Waals surface area contributed by atoms with Crippen LogP contribution in [0.25, 0.3) is 11.3 Å². The molecule has 0 bridgehead atoms. The lowest BCUT2D eigenvalue weighted by Gasteiger charge is -2.15. The van der Waals surface area contributed by atoms with Crippen molar-refractivity contribution in [3.63, 3.8) is 0 Å². The molecule has 1 heterocycles. The number of carbonyl (C=O) groups is 1. The summed E-state index contributed by atoms with van der Waals surface area (Å²) in [6.45, 7) is 7.92. The zero-order valence-corrected chi connectivity index (χ0v) is 17.4. The molecular formula is C21H22ClN3O4. The van der Waals surface area contributed by atoms with Gasteiger partial charge in [-0.1, -0.05) is 11.6 Å². The van der Waals surface area contributed by atoms with Crippen LogP contribution in [0.1, 0.15) is 25.0 Å². The number of carbonyl (C=O) groups excluding carboxylic acids is 1. The number of halogens is 1. The van der Waals surface area contributed by atoms with Crippen molar-refractivity contribution in [3.8, 4) is 22.8 Å². The predicted octanol–water partition coefficient (Wildman–Crippen LogP) is 4.81. The predicted molar refractivity (Wildman–Crippen MR) is 111 cm³/mol. The lowest BCUT2D eigenvalue weighted by Crippen LogP contribution is -2.30. The van der Waals surface area contributed by atoms with E-state index < -0.39 is 6.10 Å². The summed E-state index contributed by atoms with van der Waals surface area (Å²) in [5.41, 5.74) is 2.93. The summed E-state index contributed by atoms with van der Waals surface area (Å²) >= 11 is 6.18. The van der Waals surface area contributed by atoms with Crippen LogP contribution in [0.4, 0.5) is 5.82 Å². The first-order chi connectivity index (χ1) is 13.9. The number of rotatable bonds is 7. The Hall–Kier alpha value is -3.06. The second-order valence-corrected chi connectivity index (χ2v) is 6.92. The minimum Gasteiger partial charge on any atom is -0.494 e. The van der Waals surface area contributed by atoms with Gasteiger partial charge in [0.25, 0.3) is 5.91 Å². The van der Waals surface area contributed by atoms with Gasteiger partial charge in [-0.25, -0.2) is 4.63 Å². The van der Waals surface area contributed by atoms with E-state index in [1.54, 1.807) is 19.1 Å². The maximum Gasteiger partial charge on any atom is 0.266 e. The summed E-state index contributed by atoms with van der Waals surface area (Å²) < 4.78 is 16.0. The van der Waals surface area contributed by atoms with E-state index in [2.05, 4.69) is 15.6 Å². The van der Waals surface area contributed by atoms with Crippen molar-refractivity contribution >= 4 is 23.3 Å². The molecule has 0 fully saturated rings. The van der Waals surface area contributed by atoms with Crippen molar-refractivity contribution in [1.29, 1.82) is 0 Å². The lowest BCUT2D eigenvalue weighted by molar-refractivity contribution is -0.122. The monoisotopic (exact) mass is 415 g/mol. The molecule has 1 amide bonds. The van der Waals surface area contributed by atoms with E-state index in [1.807, 2.05) is 45.0 Å². The number of hydrogen-bond donors (Lipinski definition) is 1. The fraction of sp³-hybridized carbons (Fsp3) is 0.286. The maximum absolute atomic E-state index is 12.6. The van der Waals surface area contributed by atoms with Crippen LogP contribution >= 0.6 is 11.6 Å². The molecule has 0 saturated carbocycles. The van der Waals surface area contributed by atoms with Crippen LogP contribution in [0.15, 0.2) is 41.0 Å². The van der Waals surface area contributed by atoms with Crippen molar-refractivity contribution in [2.45, 2.75) is 33.8 Å². The first-order valence-electron chi connectivity index (χ1n) is 9.19. The second-order valence-electron chi connectivity index (χ2n) is 6.54. The summed E-state index contributed by atoms with van der Waals surface area (Å²) in [6, 6.07) is 10.9. The molecule has 0 saturated heterocycles. The van der Waals surface area contributed by atoms with E-state index in [4.69, 9.17) is 25.7 Å². The molecule has 3 aromatic rings. The number of amides is 1. The molecule has 8 heteroatoms. The smallest absolute Gasteiger partial charge is 0.266 e. The van der Waals surface area contributed by atoms with Crippen LogP contribution in [-0.4, -0.2) is 28.9 Å². The van der Waals surface area contributed by atoms with Gasteiger partial charge >= 0.3 is 0 Å². The molecule has 29 heavy (non-hydrogen) atoms. The van der Waals surface area contributed by atoms with E-state index in [0.29, 0.717) is 23.1 Å². The van der Waals surface area contributed by atoms with Gasteiger partial charge in [-0.15, -0.1) is 0 Å². The van der Waals surface area contributed by atoms with Crippen LogP contribution < -0.4 is 14.8 Å². The van der Waals surface area contributed by atoms with Gasteiger partial charge in [-0.2, -0.15) is 0 Å². The van der Waals surface area contributed by atoms with Gasteiger partial charge in [0.15, 0.2) is 11.8 Å². The fourth-order valence-electron chi connectivity index (χ4n) is 2.79. The number of aromatic nitrogens is 2. The lowest BCUT2D eigenvalue weighted by atomic mass is 10.1. The molecule has 0 aliphatic rings. The molecular weight excluding hydrogens is 394 g/mol. The van der Waals surface area contributed by atoms with Gasteiger partial charge in [0.2, 0.25) is 5.82 Å². The Balaban J connectivity index is 1.70. The topological polar surface area (TPSA) is 86.5 Å². The molecule has 0 radical (unpaired) electrons. The van der Waals surface area contributed by atoms with Crippen LogP contribution in [-0.2, 0) is 4.79 Å². The zero-order chi connectivity index (χ0) is 21.0. The van der Waals surface area contributed by atoms with E-state index in [0.717, 1.165) is 22.4 Å². The highest BCUT2D eigenvalue weighted by atomic mass is 35.5. The number of hydrogen-bond acceptors (Lipinski definition) is 6. The highest BCUT2D eigenvalue weighted by Crippen LogP contribution is 2.28. The third-order valence-electron chi connectivity index (χ3n) is 4.26. The average Bonchev–Trinajstić information content (AvgIpc) is 3.15. The van der Waals surface area contributed by atoms with Crippen molar-refractivity contribution in [3.05, 3.63) is 52.5 Å². The molecule has 0 aliphatic carbocycles. The Morgan fingerprint density at radius 2 is 1.79 bits per heavy atom. The van der Waals surface area contributed by atoms with Gasteiger partial charge in [0, 0.05) is 10.6 Å². The van der Waals surface area contributed by atoms with E-state index in [1.165, 1.54) is 0 Å². The normalized spacial score (nSPS) is 11.8. The van der Waals surface area contributed by atoms with Gasteiger partial charge in [-0.05, 0) is 85.5 Å². The number of anilines is 1. The van der Waals surface area contributed by atoms with E-state index >= 15 is 0 Å². The molecule has 3 rings (SSSR count). The van der Waals surface area contributed by atoms with Crippen molar-refractivity contribution in [2.24, 2.45) is 0 Å². The molecule has 2 aromatic carbocycles. The van der Waals surface area contributed by atoms with Crippen LogP contribution in [0.2, 0.25) is 5.02 Å². The summed E-state index contributed by atoms with van der Waals surface area (Å²) in [7, 11) is 0. The Morgan fingerprint density at radius 1 is 1.14 bits per heavy atom. The molecule has 0 unspecified atom stereocenters. The van der Waals surface area contributed by atoms with Gasteiger partial charge < -0.3 is 14.8 Å². The number of benzene rings is 2. The molecule has 0 aliphatic heterocycles. The van der Waals surface area contributed by atoms with Gasteiger partial charge in [-0.3, -0.25) is 4.79 Å². The van der Waals surface area contributed by atoms with Crippen LogP contribution in [0.3, 0.4) is 0 Å². The summed E-state index contributed by atoms with van der Waals surface area (Å²) in [5, 5.41) is 11.1. The quantitative estimate of drug-likeness (QED) is 0.595. The molecule has 1 atom stereocenters. The van der Waals surface area contributed by atoms with E-state index in [9.17, 15) is 4.79 Å². The third kappa shape index (κ3) is 4.86. The van der Waals surface area contributed by atoms with Crippen LogP contribution in [0, 0.1) is 13.8 Å². The second kappa shape index (κ2) is 8.96. The standard InChI is InChI=1S/C21H22ClN3O4/c1-5-27-16-8-6-15(7-9-16)19-20(25-29-24-19)23-21(26)14(4)28-17-10-12(2)18(22)13(3)11-17/h6-11,14H,5H2,1-4H3,(H,23,25,26)/t14-/m1/s1. The molecule has 1 aromatic heterocycles. The van der Waals surface area contributed by atoms with Crippen molar-refractivity contribution in [1.82, 2.24) is 10.3 Å². The Kier molecular flexibility index (Phi) is 6.39. The summed E-state index contributed by atoms with van der Waals surface area (Å²) in [4.78, 5) is 12.6. The third-order valence-corrected chi connectivity index (χ3v) is 4.86. The first-order valence-corrected chi connectivity index (χ1v) is 9.57. The highest BCUT2D eigenvalue weighted by Gasteiger charge is 2.21. The number of nitrogens with one attached hydrogen (secondary N) is 1. The average molecular weight is 416 g/mol. The van der Waals surface area contributed by atoms with Crippen molar-refractivity contribution in [2.75, 3.05) is 11.9 Å². The Morgan fingerprint density at radius 3 is 2.41 bits per heavy atom. The zero-order valence-electron chi connectivity index (χ0n) is 16.7. The minimum absolute atomic E-state index is 0.220. The highest BCUT2D eigenvalue weighted by molar-refractivity contribution is 6.32. The van der Waals surface area contributed by atoms with Gasteiger partial charge in [0.05, 0.1) is 6.61 Å². The molecule has 152 valence electrons. The largest absolute Gasteiger partial charge is 0.494 e. The fourth-order valence-corrected chi connectivity index (χ4v) is 2.89. The summed E-state index contributed by atoms with van der Waals surface area (Å²) in [5.74, 6) is 1.15.